The van der Waals surface area contributed by atoms with Crippen LogP contribution in [0.15, 0.2) is 0 Å². The molecule has 2 rings (SSSR count). The summed E-state index contributed by atoms with van der Waals surface area (Å²) in [5.74, 6) is -2.80. The topological polar surface area (TPSA) is 79.2 Å². The molecule has 134 valence electrons. The van der Waals surface area contributed by atoms with Gasteiger partial charge >= 0.3 is 0 Å². The van der Waals surface area contributed by atoms with E-state index in [-0.39, 0.29) is 5.92 Å². The molecule has 3 N–H and O–H groups in total. The van der Waals surface area contributed by atoms with Gasteiger partial charge in [0, 0.05) is 12.8 Å². The molecule has 1 saturated carbocycles. The van der Waals surface area contributed by atoms with E-state index in [1.807, 2.05) is 34.6 Å². The van der Waals surface area contributed by atoms with E-state index in [1.165, 1.54) is 6.92 Å². The van der Waals surface area contributed by atoms with E-state index in [0.29, 0.717) is 12.8 Å². The zero-order valence-corrected chi connectivity index (χ0v) is 15.3. The molecule has 6 atom stereocenters. The molecule has 5 heteroatoms. The van der Waals surface area contributed by atoms with Gasteiger partial charge in [-0.3, -0.25) is 0 Å². The van der Waals surface area contributed by atoms with Crippen molar-refractivity contribution in [2.24, 2.45) is 5.92 Å². The van der Waals surface area contributed by atoms with Crippen LogP contribution in [0.25, 0.3) is 0 Å². The predicted molar refractivity (Wildman–Crippen MR) is 87.3 cm³/mol. The Morgan fingerprint density at radius 1 is 1.14 bits per heavy atom. The summed E-state index contributed by atoms with van der Waals surface area (Å²) in [6, 6.07) is 0. The monoisotopic (exact) mass is 320 g/mol. The Morgan fingerprint density at radius 2 is 1.68 bits per heavy atom. The van der Waals surface area contributed by atoms with Crippen molar-refractivity contribution >= 4 is 0 Å². The number of hydrogen-bond acceptors (Lipinski definition) is 5. The van der Waals surface area contributed by atoms with Crippen molar-refractivity contribution in [1.29, 1.82) is 0 Å². The molecule has 0 amide bonds. The summed E-state index contributed by atoms with van der Waals surface area (Å²) in [5.41, 5.74) is 0. The molecule has 0 aromatic heterocycles. The highest BCUT2D eigenvalue weighted by molar-refractivity contribution is 4.97. The van der Waals surface area contributed by atoms with Crippen LogP contribution in [0.4, 0.5) is 0 Å². The normalized spacial score (nSPS) is 42.0. The van der Waals surface area contributed by atoms with Crippen molar-refractivity contribution in [3.8, 4) is 0 Å². The van der Waals surface area contributed by atoms with E-state index in [0.717, 1.165) is 12.8 Å². The van der Waals surface area contributed by atoms with Crippen LogP contribution in [0.3, 0.4) is 0 Å². The van der Waals surface area contributed by atoms with Crippen LogP contribution in [0.1, 0.15) is 74.1 Å². The highest BCUT2D eigenvalue weighted by atomic mass is 16.7. The standard InChI is InChI=1S/C13H24O5.2C2H6/c1-4-12(15)11(9(3)14)18-13(16)7-5-6-8(2)10(13)17-12;2*1-2/h8-11,14-16H,4-7H2,1-3H3;2*1-2H3. The van der Waals surface area contributed by atoms with Crippen LogP contribution < -0.4 is 0 Å². The van der Waals surface area contributed by atoms with E-state index in [4.69, 9.17) is 9.47 Å². The first-order valence-electron chi connectivity index (χ1n) is 8.81. The van der Waals surface area contributed by atoms with Crippen LogP contribution in [-0.2, 0) is 9.47 Å². The summed E-state index contributed by atoms with van der Waals surface area (Å²) < 4.78 is 11.4. The molecule has 1 aliphatic heterocycles. The average molecular weight is 320 g/mol. The first-order chi connectivity index (χ1) is 10.3. The molecule has 0 radical (unpaired) electrons. The van der Waals surface area contributed by atoms with Gasteiger partial charge in [-0.15, -0.1) is 0 Å². The zero-order valence-electron chi connectivity index (χ0n) is 15.3. The molecule has 1 aliphatic carbocycles. The van der Waals surface area contributed by atoms with Crippen LogP contribution in [-0.4, -0.2) is 45.2 Å². The summed E-state index contributed by atoms with van der Waals surface area (Å²) >= 11 is 0. The molecule has 22 heavy (non-hydrogen) atoms. The summed E-state index contributed by atoms with van der Waals surface area (Å²) in [6.45, 7) is 13.3. The van der Waals surface area contributed by atoms with Crippen LogP contribution in [0, 0.1) is 5.92 Å². The van der Waals surface area contributed by atoms with Gasteiger partial charge in [-0.1, -0.05) is 41.5 Å². The number of fused-ring (bicyclic) bond motifs is 1. The van der Waals surface area contributed by atoms with Crippen molar-refractivity contribution in [3.63, 3.8) is 0 Å². The van der Waals surface area contributed by atoms with Gasteiger partial charge in [-0.25, -0.2) is 0 Å². The smallest absolute Gasteiger partial charge is 0.195 e. The van der Waals surface area contributed by atoms with Gasteiger partial charge in [-0.2, -0.15) is 0 Å². The molecule has 5 nitrogen and oxygen atoms in total. The highest BCUT2D eigenvalue weighted by Gasteiger charge is 2.58. The first kappa shape index (κ1) is 21.8. The van der Waals surface area contributed by atoms with E-state index >= 15 is 0 Å². The first-order valence-corrected chi connectivity index (χ1v) is 8.81. The average Bonchev–Trinajstić information content (AvgIpc) is 2.52. The largest absolute Gasteiger partial charge is 0.390 e. The fourth-order valence-corrected chi connectivity index (χ4v) is 3.11. The third-order valence-corrected chi connectivity index (χ3v) is 4.21. The van der Waals surface area contributed by atoms with Crippen LogP contribution in [0.5, 0.6) is 0 Å². The molecule has 1 saturated heterocycles. The number of rotatable bonds is 2. The van der Waals surface area contributed by atoms with Crippen molar-refractivity contribution in [3.05, 3.63) is 0 Å². The number of ether oxygens (including phenoxy) is 2. The third kappa shape index (κ3) is 4.42. The lowest BCUT2D eigenvalue weighted by Crippen LogP contribution is -2.68. The maximum Gasteiger partial charge on any atom is 0.195 e. The molecular formula is C17H36O5. The molecule has 2 aliphatic rings. The minimum atomic E-state index is -1.53. The van der Waals surface area contributed by atoms with E-state index in [1.54, 1.807) is 6.92 Å². The van der Waals surface area contributed by atoms with Crippen LogP contribution >= 0.6 is 0 Å². The minimum Gasteiger partial charge on any atom is -0.390 e. The predicted octanol–water partition coefficient (Wildman–Crippen LogP) is 2.81. The molecule has 0 aromatic carbocycles. The molecule has 2 fully saturated rings. The van der Waals surface area contributed by atoms with Gasteiger partial charge in [0.15, 0.2) is 11.6 Å². The lowest BCUT2D eigenvalue weighted by Gasteiger charge is -2.54. The molecule has 1 heterocycles. The molecular weight excluding hydrogens is 284 g/mol. The SMILES string of the molecule is CC.CC.CCC1(O)OC2C(C)CCCC2(O)OC1C(C)O. The van der Waals surface area contributed by atoms with Crippen molar-refractivity contribution in [2.75, 3.05) is 0 Å². The summed E-state index contributed by atoms with van der Waals surface area (Å²) in [4.78, 5) is 0. The summed E-state index contributed by atoms with van der Waals surface area (Å²) in [6.07, 6.45) is 0.217. The molecule has 0 aromatic rings. The fourth-order valence-electron chi connectivity index (χ4n) is 3.11. The van der Waals surface area contributed by atoms with Gasteiger partial charge in [0.1, 0.15) is 12.2 Å². The Kier molecular flexibility index (Phi) is 9.10. The zero-order chi connectivity index (χ0) is 17.6. The number of hydrogen-bond donors (Lipinski definition) is 3. The van der Waals surface area contributed by atoms with Gasteiger partial charge in [0.2, 0.25) is 0 Å². The van der Waals surface area contributed by atoms with Crippen molar-refractivity contribution in [1.82, 2.24) is 0 Å². The highest BCUT2D eigenvalue weighted by Crippen LogP contribution is 2.45. The second-order valence-electron chi connectivity index (χ2n) is 5.73. The lowest BCUT2D eigenvalue weighted by molar-refractivity contribution is -0.446. The fraction of sp³-hybridized carbons (Fsp3) is 1.00. The quantitative estimate of drug-likeness (QED) is 0.729. The Balaban J connectivity index is 0.00000102. The van der Waals surface area contributed by atoms with Crippen LogP contribution in [0.2, 0.25) is 0 Å². The van der Waals surface area contributed by atoms with Crippen molar-refractivity contribution < 1.29 is 24.8 Å². The van der Waals surface area contributed by atoms with Crippen molar-refractivity contribution in [2.45, 2.75) is 104 Å². The number of aliphatic hydroxyl groups is 3. The Labute approximate surface area is 135 Å². The van der Waals surface area contributed by atoms with Gasteiger partial charge < -0.3 is 24.8 Å². The molecule has 6 unspecified atom stereocenters. The second kappa shape index (κ2) is 9.18. The third-order valence-electron chi connectivity index (χ3n) is 4.21. The maximum absolute atomic E-state index is 10.5. The second-order valence-corrected chi connectivity index (χ2v) is 5.73. The summed E-state index contributed by atoms with van der Waals surface area (Å²) in [5, 5.41) is 30.7. The Morgan fingerprint density at radius 3 is 2.14 bits per heavy atom. The Bertz CT molecular complexity index is 299. The van der Waals surface area contributed by atoms with Gasteiger partial charge in [0.25, 0.3) is 0 Å². The van der Waals surface area contributed by atoms with E-state index in [2.05, 4.69) is 0 Å². The lowest BCUT2D eigenvalue weighted by atomic mass is 9.81. The molecule has 0 bridgehead atoms. The van der Waals surface area contributed by atoms with Gasteiger partial charge in [0.05, 0.1) is 6.10 Å². The maximum atomic E-state index is 10.5. The van der Waals surface area contributed by atoms with Gasteiger partial charge in [-0.05, 0) is 25.7 Å². The van der Waals surface area contributed by atoms with E-state index in [9.17, 15) is 15.3 Å². The summed E-state index contributed by atoms with van der Waals surface area (Å²) in [7, 11) is 0. The minimum absolute atomic E-state index is 0.122. The number of aliphatic hydroxyl groups excluding tert-OH is 1. The Hall–Kier alpha value is -0.200. The van der Waals surface area contributed by atoms with E-state index < -0.39 is 29.9 Å². The molecule has 0 spiro atoms.